The third kappa shape index (κ3) is 7.37. The predicted molar refractivity (Wildman–Crippen MR) is 137 cm³/mol. The molecule has 0 radical (unpaired) electrons. The Morgan fingerprint density at radius 2 is 1.94 bits per heavy atom. The SMILES string of the molecule is CC[C@@H](C(=O)NC1CCCCC1)N(Cc1cccc(OC)c1)C(=O)COc1ccc(Br)cc1Cl. The van der Waals surface area contributed by atoms with Gasteiger partial charge in [0.15, 0.2) is 6.61 Å². The lowest BCUT2D eigenvalue weighted by Crippen LogP contribution is -2.52. The second kappa shape index (κ2) is 13.0. The van der Waals surface area contributed by atoms with E-state index < -0.39 is 6.04 Å². The fraction of sp³-hybridized carbons (Fsp3) is 0.462. The zero-order valence-corrected chi connectivity index (χ0v) is 22.0. The summed E-state index contributed by atoms with van der Waals surface area (Å²) in [4.78, 5) is 28.3. The average molecular weight is 552 g/mol. The Morgan fingerprint density at radius 1 is 1.18 bits per heavy atom. The Labute approximate surface area is 215 Å². The fourth-order valence-corrected chi connectivity index (χ4v) is 4.97. The van der Waals surface area contributed by atoms with E-state index in [-0.39, 0.29) is 31.0 Å². The van der Waals surface area contributed by atoms with E-state index in [1.807, 2.05) is 31.2 Å². The minimum absolute atomic E-state index is 0.118. The van der Waals surface area contributed by atoms with E-state index in [9.17, 15) is 9.59 Å². The highest BCUT2D eigenvalue weighted by Crippen LogP contribution is 2.28. The molecular formula is C26H32BrClN2O4. The van der Waals surface area contributed by atoms with Crippen LogP contribution in [0.25, 0.3) is 0 Å². The first-order chi connectivity index (χ1) is 16.4. The van der Waals surface area contributed by atoms with Gasteiger partial charge in [-0.05, 0) is 55.2 Å². The Morgan fingerprint density at radius 3 is 2.62 bits per heavy atom. The number of nitrogens with zero attached hydrogens (tertiary/aromatic N) is 1. The van der Waals surface area contributed by atoms with E-state index in [0.29, 0.717) is 22.9 Å². The van der Waals surface area contributed by atoms with Gasteiger partial charge in [-0.1, -0.05) is 65.8 Å². The maximum Gasteiger partial charge on any atom is 0.261 e. The second-order valence-corrected chi connectivity index (χ2v) is 9.83. The average Bonchev–Trinajstić information content (AvgIpc) is 2.84. The lowest BCUT2D eigenvalue weighted by Gasteiger charge is -2.32. The molecule has 0 heterocycles. The van der Waals surface area contributed by atoms with Gasteiger partial charge in [0.2, 0.25) is 5.91 Å². The fourth-order valence-electron chi connectivity index (χ4n) is 4.25. The number of rotatable bonds is 10. The van der Waals surface area contributed by atoms with Gasteiger partial charge in [-0.2, -0.15) is 0 Å². The van der Waals surface area contributed by atoms with Crippen LogP contribution in [0.2, 0.25) is 5.02 Å². The third-order valence-corrected chi connectivity index (χ3v) is 6.86. The van der Waals surface area contributed by atoms with Gasteiger partial charge in [0.25, 0.3) is 5.91 Å². The lowest BCUT2D eigenvalue weighted by molar-refractivity contribution is -0.143. The molecule has 2 aromatic rings. The van der Waals surface area contributed by atoms with Gasteiger partial charge in [-0.15, -0.1) is 0 Å². The summed E-state index contributed by atoms with van der Waals surface area (Å²) in [6, 6.07) is 12.3. The quantitative estimate of drug-likeness (QED) is 0.408. The van der Waals surface area contributed by atoms with Crippen LogP contribution >= 0.6 is 27.5 Å². The number of nitrogens with one attached hydrogen (secondary N) is 1. The predicted octanol–water partition coefficient (Wildman–Crippen LogP) is 5.75. The first-order valence-electron chi connectivity index (χ1n) is 11.7. The summed E-state index contributed by atoms with van der Waals surface area (Å²) in [7, 11) is 1.60. The number of benzene rings is 2. The standard InChI is InChI=1S/C26H32BrClN2O4/c1-3-23(26(32)29-20-9-5-4-6-10-20)30(16-18-8-7-11-21(14-18)33-2)25(31)17-34-24-13-12-19(27)15-22(24)28/h7-8,11-15,20,23H,3-6,9-10,16-17H2,1-2H3,(H,29,32)/t23-/m0/s1. The summed E-state index contributed by atoms with van der Waals surface area (Å²) < 4.78 is 11.9. The molecule has 184 valence electrons. The summed E-state index contributed by atoms with van der Waals surface area (Å²) in [6.07, 6.45) is 5.91. The van der Waals surface area contributed by atoms with Crippen LogP contribution < -0.4 is 14.8 Å². The number of hydrogen-bond donors (Lipinski definition) is 1. The molecule has 1 N–H and O–H groups in total. The first kappa shape index (κ1) is 26.4. The van der Waals surface area contributed by atoms with Crippen molar-refractivity contribution >= 4 is 39.3 Å². The molecule has 1 saturated carbocycles. The van der Waals surface area contributed by atoms with Crippen LogP contribution in [0.5, 0.6) is 11.5 Å². The molecule has 0 bridgehead atoms. The first-order valence-corrected chi connectivity index (χ1v) is 12.9. The molecule has 1 aliphatic carbocycles. The molecule has 1 aliphatic rings. The zero-order chi connectivity index (χ0) is 24.5. The molecule has 0 aromatic heterocycles. The normalized spacial score (nSPS) is 14.8. The number of carbonyl (C=O) groups excluding carboxylic acids is 2. The second-order valence-electron chi connectivity index (χ2n) is 8.50. The number of amides is 2. The number of hydrogen-bond acceptors (Lipinski definition) is 4. The van der Waals surface area contributed by atoms with Crippen molar-refractivity contribution in [2.24, 2.45) is 0 Å². The van der Waals surface area contributed by atoms with Gasteiger partial charge < -0.3 is 19.7 Å². The van der Waals surface area contributed by atoms with Crippen molar-refractivity contribution < 1.29 is 19.1 Å². The van der Waals surface area contributed by atoms with Crippen LogP contribution in [0.4, 0.5) is 0 Å². The highest BCUT2D eigenvalue weighted by molar-refractivity contribution is 9.10. The Kier molecular flexibility index (Phi) is 10.1. The maximum absolute atomic E-state index is 13.4. The van der Waals surface area contributed by atoms with Crippen LogP contribution in [0.3, 0.4) is 0 Å². The summed E-state index contributed by atoms with van der Waals surface area (Å²) in [6.45, 7) is 1.96. The summed E-state index contributed by atoms with van der Waals surface area (Å²) in [5.74, 6) is 0.710. The van der Waals surface area contributed by atoms with E-state index in [0.717, 1.165) is 35.7 Å². The minimum Gasteiger partial charge on any atom is -0.497 e. The van der Waals surface area contributed by atoms with Crippen molar-refractivity contribution in [1.82, 2.24) is 10.2 Å². The molecule has 6 nitrogen and oxygen atoms in total. The molecule has 3 rings (SSSR count). The summed E-state index contributed by atoms with van der Waals surface area (Å²) in [5.41, 5.74) is 0.873. The molecule has 2 amide bonds. The monoisotopic (exact) mass is 550 g/mol. The largest absolute Gasteiger partial charge is 0.497 e. The Bertz CT molecular complexity index is 981. The van der Waals surface area contributed by atoms with Crippen LogP contribution in [0, 0.1) is 0 Å². The van der Waals surface area contributed by atoms with Gasteiger partial charge in [0, 0.05) is 17.1 Å². The zero-order valence-electron chi connectivity index (χ0n) is 19.7. The molecule has 0 aliphatic heterocycles. The third-order valence-electron chi connectivity index (χ3n) is 6.07. The number of carbonyl (C=O) groups is 2. The van der Waals surface area contributed by atoms with Gasteiger partial charge in [-0.3, -0.25) is 9.59 Å². The topological polar surface area (TPSA) is 67.9 Å². The van der Waals surface area contributed by atoms with Crippen molar-refractivity contribution in [3.05, 3.63) is 57.5 Å². The van der Waals surface area contributed by atoms with E-state index >= 15 is 0 Å². The minimum atomic E-state index is -0.607. The Balaban J connectivity index is 1.78. The molecule has 8 heteroatoms. The van der Waals surface area contributed by atoms with Gasteiger partial charge >= 0.3 is 0 Å². The van der Waals surface area contributed by atoms with Crippen molar-refractivity contribution in [1.29, 1.82) is 0 Å². The lowest BCUT2D eigenvalue weighted by atomic mass is 9.95. The van der Waals surface area contributed by atoms with E-state index in [4.69, 9.17) is 21.1 Å². The summed E-state index contributed by atoms with van der Waals surface area (Å²) >= 11 is 9.61. The maximum atomic E-state index is 13.4. The smallest absolute Gasteiger partial charge is 0.261 e. The number of methoxy groups -OCH3 is 1. The van der Waals surface area contributed by atoms with E-state index in [1.165, 1.54) is 6.42 Å². The number of ether oxygens (including phenoxy) is 2. The van der Waals surface area contributed by atoms with Crippen LogP contribution in [-0.2, 0) is 16.1 Å². The Hall–Kier alpha value is -2.25. The molecule has 0 unspecified atom stereocenters. The highest BCUT2D eigenvalue weighted by atomic mass is 79.9. The van der Waals surface area contributed by atoms with Crippen LogP contribution in [0.1, 0.15) is 51.0 Å². The van der Waals surface area contributed by atoms with Crippen molar-refractivity contribution in [2.45, 2.75) is 64.1 Å². The van der Waals surface area contributed by atoms with Crippen LogP contribution in [0.15, 0.2) is 46.9 Å². The molecule has 0 spiro atoms. The molecule has 34 heavy (non-hydrogen) atoms. The van der Waals surface area contributed by atoms with E-state index in [1.54, 1.807) is 30.2 Å². The molecular weight excluding hydrogens is 520 g/mol. The molecule has 0 saturated heterocycles. The van der Waals surface area contributed by atoms with Crippen LogP contribution in [-0.4, -0.2) is 42.5 Å². The van der Waals surface area contributed by atoms with Crippen molar-refractivity contribution in [3.8, 4) is 11.5 Å². The van der Waals surface area contributed by atoms with E-state index in [2.05, 4.69) is 21.2 Å². The summed E-state index contributed by atoms with van der Waals surface area (Å²) in [5, 5.41) is 3.58. The van der Waals surface area contributed by atoms with Crippen molar-refractivity contribution in [3.63, 3.8) is 0 Å². The highest BCUT2D eigenvalue weighted by Gasteiger charge is 2.30. The van der Waals surface area contributed by atoms with Gasteiger partial charge in [0.1, 0.15) is 17.5 Å². The number of halogens is 2. The van der Waals surface area contributed by atoms with Gasteiger partial charge in [0.05, 0.1) is 12.1 Å². The molecule has 1 fully saturated rings. The van der Waals surface area contributed by atoms with Gasteiger partial charge in [-0.25, -0.2) is 0 Å². The molecule has 1 atom stereocenters. The van der Waals surface area contributed by atoms with Crippen molar-refractivity contribution in [2.75, 3.05) is 13.7 Å². The molecule has 2 aromatic carbocycles.